The number of benzene rings is 1. The molecule has 3 heterocycles. The van der Waals surface area contributed by atoms with Gasteiger partial charge in [-0.25, -0.2) is 8.42 Å². The molecular weight excluding hydrogens is 424 g/mol. The van der Waals surface area contributed by atoms with Gasteiger partial charge in [0, 0.05) is 24.2 Å². The Kier molecular flexibility index (Phi) is 5.61. The average molecular weight is 447 g/mol. The number of aromatic nitrogens is 2. The quantitative estimate of drug-likeness (QED) is 0.638. The molecule has 0 aliphatic carbocycles. The molecule has 0 atom stereocenters. The maximum atomic E-state index is 12.8. The van der Waals surface area contributed by atoms with Crippen LogP contribution in [0.3, 0.4) is 0 Å². The normalized spacial score (nSPS) is 14.7. The number of likely N-dealkylation sites (tertiary alicyclic amines) is 1. The summed E-state index contributed by atoms with van der Waals surface area (Å²) in [6.45, 7) is 5.18. The Morgan fingerprint density at radius 1 is 1.07 bits per heavy atom. The highest BCUT2D eigenvalue weighted by atomic mass is 32.2. The highest BCUT2D eigenvalue weighted by Gasteiger charge is 2.25. The van der Waals surface area contributed by atoms with Crippen molar-refractivity contribution in [3.63, 3.8) is 0 Å². The standard InChI is InChI=1S/C20H22N4O4S2/c1-13-8-14(2)10-16(9-13)23-30(26,27)17-11-15(12-29-17)18-21-22-19(28-18)20(25)24-6-4-3-5-7-24/h8-12,23H,3-7H2,1-2H3. The lowest BCUT2D eigenvalue weighted by Gasteiger charge is -2.24. The van der Waals surface area contributed by atoms with E-state index in [2.05, 4.69) is 14.9 Å². The molecule has 1 amide bonds. The predicted molar refractivity (Wildman–Crippen MR) is 114 cm³/mol. The van der Waals surface area contributed by atoms with Gasteiger partial charge in [-0.2, -0.15) is 0 Å². The number of thiophene rings is 1. The Labute approximate surface area is 179 Å². The van der Waals surface area contributed by atoms with Gasteiger partial charge in [-0.1, -0.05) is 6.07 Å². The van der Waals surface area contributed by atoms with E-state index in [1.54, 1.807) is 22.4 Å². The van der Waals surface area contributed by atoms with Crippen molar-refractivity contribution in [2.24, 2.45) is 0 Å². The molecule has 0 bridgehead atoms. The summed E-state index contributed by atoms with van der Waals surface area (Å²) < 4.78 is 33.8. The lowest BCUT2D eigenvalue weighted by atomic mass is 10.1. The van der Waals surface area contributed by atoms with Gasteiger partial charge in [-0.15, -0.1) is 21.5 Å². The number of sulfonamides is 1. The molecule has 1 aromatic carbocycles. The first kappa shape index (κ1) is 20.5. The summed E-state index contributed by atoms with van der Waals surface area (Å²) in [7, 11) is -3.76. The first-order valence-electron chi connectivity index (χ1n) is 9.65. The van der Waals surface area contributed by atoms with E-state index in [0.717, 1.165) is 41.7 Å². The number of carbonyl (C=O) groups excluding carboxylic acids is 1. The number of piperidine rings is 1. The van der Waals surface area contributed by atoms with Gasteiger partial charge < -0.3 is 9.32 Å². The van der Waals surface area contributed by atoms with Crippen molar-refractivity contribution in [1.29, 1.82) is 0 Å². The Morgan fingerprint density at radius 2 is 1.77 bits per heavy atom. The van der Waals surface area contributed by atoms with Gasteiger partial charge in [0.1, 0.15) is 4.21 Å². The van der Waals surface area contributed by atoms with E-state index in [1.807, 2.05) is 19.9 Å². The number of carbonyl (C=O) groups is 1. The van der Waals surface area contributed by atoms with Gasteiger partial charge in [0.05, 0.1) is 5.56 Å². The zero-order valence-corrected chi connectivity index (χ0v) is 18.3. The zero-order valence-electron chi connectivity index (χ0n) is 16.7. The highest BCUT2D eigenvalue weighted by molar-refractivity contribution is 7.94. The summed E-state index contributed by atoms with van der Waals surface area (Å²) in [6, 6.07) is 6.99. The molecule has 0 radical (unpaired) electrons. The van der Waals surface area contributed by atoms with Crippen molar-refractivity contribution >= 4 is 33.0 Å². The minimum absolute atomic E-state index is 0.0733. The Balaban J connectivity index is 1.52. The van der Waals surface area contributed by atoms with Crippen molar-refractivity contribution in [3.8, 4) is 11.5 Å². The second kappa shape index (κ2) is 8.19. The van der Waals surface area contributed by atoms with E-state index >= 15 is 0 Å². The van der Waals surface area contributed by atoms with Gasteiger partial charge in [0.25, 0.3) is 10.0 Å². The molecule has 1 saturated heterocycles. The van der Waals surface area contributed by atoms with Gasteiger partial charge in [0.15, 0.2) is 0 Å². The third-order valence-electron chi connectivity index (χ3n) is 4.81. The first-order valence-corrected chi connectivity index (χ1v) is 12.0. The van der Waals surface area contributed by atoms with E-state index in [0.29, 0.717) is 24.3 Å². The van der Waals surface area contributed by atoms with Crippen LogP contribution in [0.5, 0.6) is 0 Å². The molecule has 1 fully saturated rings. The maximum absolute atomic E-state index is 12.8. The Bertz CT molecular complexity index is 1160. The number of hydrogen-bond acceptors (Lipinski definition) is 7. The number of nitrogens with one attached hydrogen (secondary N) is 1. The third kappa shape index (κ3) is 4.39. The van der Waals surface area contributed by atoms with Crippen LogP contribution in [-0.2, 0) is 10.0 Å². The molecule has 4 rings (SSSR count). The number of anilines is 1. The Hall–Kier alpha value is -2.72. The van der Waals surface area contributed by atoms with Crippen molar-refractivity contribution in [1.82, 2.24) is 15.1 Å². The summed E-state index contributed by atoms with van der Waals surface area (Å²) >= 11 is 1.05. The smallest absolute Gasteiger partial charge is 0.311 e. The monoisotopic (exact) mass is 446 g/mol. The van der Waals surface area contributed by atoms with E-state index in [-0.39, 0.29) is 21.9 Å². The van der Waals surface area contributed by atoms with Crippen LogP contribution in [0.4, 0.5) is 5.69 Å². The SMILES string of the molecule is Cc1cc(C)cc(NS(=O)(=O)c2cc(-c3nnc(C(=O)N4CCCCC4)o3)cs2)c1. The van der Waals surface area contributed by atoms with Crippen LogP contribution < -0.4 is 4.72 Å². The number of hydrogen-bond donors (Lipinski definition) is 1. The second-order valence-corrected chi connectivity index (χ2v) is 10.2. The molecule has 8 nitrogen and oxygen atoms in total. The Morgan fingerprint density at radius 3 is 2.47 bits per heavy atom. The minimum Gasteiger partial charge on any atom is -0.412 e. The molecule has 1 aliphatic rings. The average Bonchev–Trinajstić information content (AvgIpc) is 3.37. The van der Waals surface area contributed by atoms with Crippen LogP contribution in [0.15, 0.2) is 38.3 Å². The van der Waals surface area contributed by atoms with Gasteiger partial charge in [-0.05, 0) is 62.4 Å². The molecule has 10 heteroatoms. The van der Waals surface area contributed by atoms with Gasteiger partial charge in [-0.3, -0.25) is 9.52 Å². The van der Waals surface area contributed by atoms with Crippen molar-refractivity contribution in [3.05, 3.63) is 46.7 Å². The molecular formula is C20H22N4O4S2. The number of aryl methyl sites for hydroxylation is 2. The largest absolute Gasteiger partial charge is 0.412 e. The van der Waals surface area contributed by atoms with Crippen LogP contribution in [0.25, 0.3) is 11.5 Å². The van der Waals surface area contributed by atoms with Crippen LogP contribution in [0.1, 0.15) is 41.1 Å². The summed E-state index contributed by atoms with van der Waals surface area (Å²) in [6.07, 6.45) is 3.04. The first-order chi connectivity index (χ1) is 14.3. The fourth-order valence-electron chi connectivity index (χ4n) is 3.47. The summed E-state index contributed by atoms with van der Waals surface area (Å²) in [4.78, 5) is 14.2. The minimum atomic E-state index is -3.76. The number of amides is 1. The second-order valence-electron chi connectivity index (χ2n) is 7.40. The van der Waals surface area contributed by atoms with E-state index in [9.17, 15) is 13.2 Å². The predicted octanol–water partition coefficient (Wildman–Crippen LogP) is 3.84. The lowest BCUT2D eigenvalue weighted by molar-refractivity contribution is 0.0684. The summed E-state index contributed by atoms with van der Waals surface area (Å²) in [5.41, 5.74) is 2.91. The van der Waals surface area contributed by atoms with Gasteiger partial charge >= 0.3 is 11.8 Å². The molecule has 0 saturated carbocycles. The molecule has 3 aromatic rings. The van der Waals surface area contributed by atoms with Crippen LogP contribution in [0.2, 0.25) is 0 Å². The van der Waals surface area contributed by atoms with Crippen molar-refractivity contribution in [2.75, 3.05) is 17.8 Å². The fourth-order valence-corrected chi connectivity index (χ4v) is 5.66. The van der Waals surface area contributed by atoms with E-state index in [1.165, 1.54) is 6.07 Å². The van der Waals surface area contributed by atoms with E-state index < -0.39 is 10.0 Å². The van der Waals surface area contributed by atoms with Crippen LogP contribution >= 0.6 is 11.3 Å². The molecule has 158 valence electrons. The third-order valence-corrected chi connectivity index (χ3v) is 7.63. The van der Waals surface area contributed by atoms with Crippen LogP contribution in [-0.4, -0.2) is 42.5 Å². The van der Waals surface area contributed by atoms with Crippen molar-refractivity contribution in [2.45, 2.75) is 37.3 Å². The van der Waals surface area contributed by atoms with E-state index in [4.69, 9.17) is 4.42 Å². The molecule has 0 spiro atoms. The summed E-state index contributed by atoms with van der Waals surface area (Å²) in [5, 5.41) is 9.41. The highest BCUT2D eigenvalue weighted by Crippen LogP contribution is 2.29. The molecule has 30 heavy (non-hydrogen) atoms. The lowest BCUT2D eigenvalue weighted by Crippen LogP contribution is -2.35. The van der Waals surface area contributed by atoms with Crippen molar-refractivity contribution < 1.29 is 17.6 Å². The topological polar surface area (TPSA) is 105 Å². The summed E-state index contributed by atoms with van der Waals surface area (Å²) in [5.74, 6) is -0.233. The molecule has 1 N–H and O–H groups in total. The fraction of sp³-hybridized carbons (Fsp3) is 0.350. The van der Waals surface area contributed by atoms with Gasteiger partial charge in [0.2, 0.25) is 5.89 Å². The van der Waals surface area contributed by atoms with Crippen LogP contribution in [0, 0.1) is 13.8 Å². The molecule has 1 aliphatic heterocycles. The number of rotatable bonds is 5. The molecule has 2 aromatic heterocycles. The molecule has 0 unspecified atom stereocenters. The maximum Gasteiger partial charge on any atom is 0.311 e. The zero-order chi connectivity index (χ0) is 21.3. The number of nitrogens with zero attached hydrogens (tertiary/aromatic N) is 3.